The van der Waals surface area contributed by atoms with Crippen LogP contribution in [0.1, 0.15) is 61.1 Å². The summed E-state index contributed by atoms with van der Waals surface area (Å²) in [5.41, 5.74) is -2.44. The number of aromatic hydroxyl groups is 1. The molecule has 0 unspecified atom stereocenters. The molecule has 8 heteroatoms. The van der Waals surface area contributed by atoms with Crippen molar-refractivity contribution in [3.63, 3.8) is 0 Å². The fourth-order valence-electron chi connectivity index (χ4n) is 3.27. The zero-order valence-corrected chi connectivity index (χ0v) is 14.5. The van der Waals surface area contributed by atoms with Crippen LogP contribution in [0.4, 0.5) is 0 Å². The molecule has 0 bridgehead atoms. The number of aliphatic carboxylic acids is 1. The van der Waals surface area contributed by atoms with Crippen LogP contribution in [0.5, 0.6) is 11.5 Å². The highest BCUT2D eigenvalue weighted by molar-refractivity contribution is 6.31. The lowest BCUT2D eigenvalue weighted by atomic mass is 9.79. The number of hydrogen-bond donors (Lipinski definition) is 1. The van der Waals surface area contributed by atoms with Gasteiger partial charge in [0.1, 0.15) is 11.5 Å². The molecule has 1 aliphatic carbocycles. The lowest BCUT2D eigenvalue weighted by molar-refractivity contribution is -0.304. The van der Waals surface area contributed by atoms with Crippen molar-refractivity contribution in [1.82, 2.24) is 0 Å². The molecule has 0 spiro atoms. The number of carboxylic acids is 1. The molecule has 0 fully saturated rings. The number of ketones is 4. The second kappa shape index (κ2) is 6.73. The predicted octanol–water partition coefficient (Wildman–Crippen LogP) is -0.305. The van der Waals surface area contributed by atoms with Gasteiger partial charge in [-0.25, -0.2) is 0 Å². The molecule has 2 aromatic rings. The maximum absolute atomic E-state index is 12.9. The summed E-state index contributed by atoms with van der Waals surface area (Å²) >= 11 is 0. The molecule has 0 heterocycles. The van der Waals surface area contributed by atoms with Gasteiger partial charge in [0.05, 0.1) is 12.0 Å². The van der Waals surface area contributed by atoms with E-state index < -0.39 is 64.6 Å². The highest BCUT2D eigenvalue weighted by Crippen LogP contribution is 2.38. The highest BCUT2D eigenvalue weighted by atomic mass is 16.4. The molecular formula is C20H12O8-2. The van der Waals surface area contributed by atoms with Crippen LogP contribution in [-0.4, -0.2) is 34.2 Å². The molecule has 2 aromatic carbocycles. The van der Waals surface area contributed by atoms with Gasteiger partial charge in [0, 0.05) is 34.6 Å². The number of rotatable bonds is 5. The topological polar surface area (TPSA) is 152 Å². The van der Waals surface area contributed by atoms with Gasteiger partial charge in [0.25, 0.3) is 0 Å². The van der Waals surface area contributed by atoms with Crippen LogP contribution >= 0.6 is 0 Å². The van der Waals surface area contributed by atoms with E-state index in [1.807, 2.05) is 0 Å². The van der Waals surface area contributed by atoms with Gasteiger partial charge < -0.3 is 20.1 Å². The Morgan fingerprint density at radius 1 is 1.04 bits per heavy atom. The third-order valence-corrected chi connectivity index (χ3v) is 4.37. The zero-order chi connectivity index (χ0) is 20.7. The molecule has 3 rings (SSSR count). The summed E-state index contributed by atoms with van der Waals surface area (Å²) in [7, 11) is 0. The van der Waals surface area contributed by atoms with Crippen molar-refractivity contribution in [2.45, 2.75) is 19.8 Å². The van der Waals surface area contributed by atoms with Gasteiger partial charge in [0.2, 0.25) is 0 Å². The standard InChI is InChI=1S/C20H14O8/c1-8(21)5-13(23)15-9(7-14(24)25)6-11-17(19(15)27)20(28)16-10(18(11)26)3-2-4-12(16)22/h2-4,6,22,27H,5,7H2,1H3,(H,24,25)/p-2. The predicted molar refractivity (Wildman–Crippen MR) is 89.2 cm³/mol. The van der Waals surface area contributed by atoms with E-state index >= 15 is 0 Å². The van der Waals surface area contributed by atoms with Crippen molar-refractivity contribution in [2.24, 2.45) is 0 Å². The summed E-state index contributed by atoms with van der Waals surface area (Å²) in [6, 6.07) is 4.80. The minimum Gasteiger partial charge on any atom is -0.871 e. The third kappa shape index (κ3) is 2.94. The van der Waals surface area contributed by atoms with Crippen LogP contribution < -0.4 is 10.2 Å². The number of carbonyl (C=O) groups excluding carboxylic acids is 5. The Morgan fingerprint density at radius 3 is 2.32 bits per heavy atom. The maximum atomic E-state index is 12.9. The number of benzene rings is 2. The first-order chi connectivity index (χ1) is 13.1. The largest absolute Gasteiger partial charge is 0.871 e. The Bertz CT molecular complexity index is 1090. The summed E-state index contributed by atoms with van der Waals surface area (Å²) < 4.78 is 0. The van der Waals surface area contributed by atoms with Crippen molar-refractivity contribution in [1.29, 1.82) is 0 Å². The van der Waals surface area contributed by atoms with Gasteiger partial charge >= 0.3 is 0 Å². The molecular weight excluding hydrogens is 368 g/mol. The van der Waals surface area contributed by atoms with E-state index in [4.69, 9.17) is 0 Å². The second-order valence-corrected chi connectivity index (χ2v) is 6.37. The first-order valence-corrected chi connectivity index (χ1v) is 8.14. The van der Waals surface area contributed by atoms with Crippen LogP contribution in [0.3, 0.4) is 0 Å². The molecule has 0 atom stereocenters. The molecule has 0 saturated carbocycles. The average Bonchev–Trinajstić information content (AvgIpc) is 2.57. The molecule has 142 valence electrons. The van der Waals surface area contributed by atoms with Crippen LogP contribution in [0.25, 0.3) is 0 Å². The van der Waals surface area contributed by atoms with Crippen molar-refractivity contribution in [3.05, 3.63) is 57.6 Å². The fraction of sp³-hybridized carbons (Fsp3) is 0.150. The van der Waals surface area contributed by atoms with Gasteiger partial charge in [0.15, 0.2) is 17.3 Å². The van der Waals surface area contributed by atoms with Crippen molar-refractivity contribution in [3.8, 4) is 11.5 Å². The molecule has 28 heavy (non-hydrogen) atoms. The van der Waals surface area contributed by atoms with Gasteiger partial charge in [-0.05, 0) is 24.6 Å². The van der Waals surface area contributed by atoms with Gasteiger partial charge in [-0.2, -0.15) is 0 Å². The maximum Gasteiger partial charge on any atom is 0.197 e. The zero-order valence-electron chi connectivity index (χ0n) is 14.5. The monoisotopic (exact) mass is 380 g/mol. The number of phenols is 1. The van der Waals surface area contributed by atoms with Crippen LogP contribution in [-0.2, 0) is 16.0 Å². The Morgan fingerprint density at radius 2 is 1.71 bits per heavy atom. The Balaban J connectivity index is 2.32. The third-order valence-electron chi connectivity index (χ3n) is 4.37. The van der Waals surface area contributed by atoms with Gasteiger partial charge in [-0.15, -0.1) is 0 Å². The summed E-state index contributed by atoms with van der Waals surface area (Å²) in [6.07, 6.45) is -1.52. The quantitative estimate of drug-likeness (QED) is 0.468. The van der Waals surface area contributed by atoms with Gasteiger partial charge in [-0.1, -0.05) is 17.9 Å². The van der Waals surface area contributed by atoms with Crippen molar-refractivity contribution < 1.29 is 39.3 Å². The van der Waals surface area contributed by atoms with Gasteiger partial charge in [-0.3, -0.25) is 19.2 Å². The molecule has 1 N–H and O–H groups in total. The minimum atomic E-state index is -1.61. The molecule has 0 aliphatic heterocycles. The Hall–Kier alpha value is -3.81. The summed E-state index contributed by atoms with van der Waals surface area (Å²) in [5, 5.41) is 33.9. The fourth-order valence-corrected chi connectivity index (χ4v) is 3.27. The van der Waals surface area contributed by atoms with E-state index in [9.17, 15) is 39.3 Å². The highest BCUT2D eigenvalue weighted by Gasteiger charge is 2.34. The first kappa shape index (κ1) is 19.0. The molecule has 0 aromatic heterocycles. The van der Waals surface area contributed by atoms with E-state index in [0.29, 0.717) is 0 Å². The summed E-state index contributed by atoms with van der Waals surface area (Å²) in [5.74, 6) is -6.49. The van der Waals surface area contributed by atoms with E-state index in [0.717, 1.165) is 13.0 Å². The smallest absolute Gasteiger partial charge is 0.197 e. The van der Waals surface area contributed by atoms with E-state index in [2.05, 4.69) is 0 Å². The average molecular weight is 380 g/mol. The molecule has 8 nitrogen and oxygen atoms in total. The van der Waals surface area contributed by atoms with E-state index in [-0.39, 0.29) is 22.3 Å². The molecule has 0 saturated heterocycles. The summed E-state index contributed by atoms with van der Waals surface area (Å²) in [4.78, 5) is 60.3. The number of hydrogen-bond acceptors (Lipinski definition) is 8. The lowest BCUT2D eigenvalue weighted by Gasteiger charge is -2.27. The number of fused-ring (bicyclic) bond motifs is 2. The number of Topliss-reactive ketones (excluding diaryl/α,β-unsaturated/α-hetero) is 2. The SMILES string of the molecule is CC(=O)CC(=O)c1c(CC(=O)[O-])cc2c(c1[O-])C(=O)c1c(O)cccc1C2=O. The van der Waals surface area contributed by atoms with E-state index in [1.54, 1.807) is 0 Å². The van der Waals surface area contributed by atoms with Crippen LogP contribution in [0, 0.1) is 0 Å². The van der Waals surface area contributed by atoms with Crippen LogP contribution in [0.2, 0.25) is 0 Å². The normalized spacial score (nSPS) is 12.3. The van der Waals surface area contributed by atoms with E-state index in [1.165, 1.54) is 18.2 Å². The molecule has 0 amide bonds. The van der Waals surface area contributed by atoms with Crippen LogP contribution in [0.15, 0.2) is 24.3 Å². The van der Waals surface area contributed by atoms with Crippen molar-refractivity contribution >= 4 is 29.1 Å². The lowest BCUT2D eigenvalue weighted by Crippen LogP contribution is -2.29. The second-order valence-electron chi connectivity index (χ2n) is 6.37. The molecule has 0 radical (unpaired) electrons. The number of carbonyl (C=O) groups is 5. The number of phenolic OH excluding ortho intramolecular Hbond substituents is 1. The van der Waals surface area contributed by atoms with Crippen molar-refractivity contribution in [2.75, 3.05) is 0 Å². The number of carboxylic acid groups (broad SMARTS) is 1. The first-order valence-electron chi connectivity index (χ1n) is 8.14. The molecule has 1 aliphatic rings. The Kier molecular flexibility index (Phi) is 4.56. The summed E-state index contributed by atoms with van der Waals surface area (Å²) in [6.45, 7) is 1.11. The Labute approximate surface area is 158 Å². The minimum absolute atomic E-state index is 0.140.